The van der Waals surface area contributed by atoms with Crippen LogP contribution in [-0.4, -0.2) is 41.1 Å². The first-order valence-electron chi connectivity index (χ1n) is 7.07. The lowest BCUT2D eigenvalue weighted by Crippen LogP contribution is -2.54. The predicted molar refractivity (Wildman–Crippen MR) is 72.0 cm³/mol. The third kappa shape index (κ3) is 4.76. The van der Waals surface area contributed by atoms with Gasteiger partial charge in [0.1, 0.15) is 19.3 Å². The number of aliphatic carboxylic acids is 1. The van der Waals surface area contributed by atoms with Gasteiger partial charge in [-0.25, -0.2) is 9.48 Å². The van der Waals surface area contributed by atoms with Crippen LogP contribution in [0.4, 0.5) is 0 Å². The molecule has 1 aliphatic rings. The SMILES string of the molecule is CCCCCCCC1=NC=C[N+]1(CCO)CC(=O)[O-]. The van der Waals surface area contributed by atoms with E-state index in [1.165, 1.54) is 19.3 Å². The average Bonchev–Trinajstić information content (AvgIpc) is 2.71. The molecule has 0 aromatic rings. The molecule has 5 heteroatoms. The van der Waals surface area contributed by atoms with Gasteiger partial charge in [0.25, 0.3) is 0 Å². The van der Waals surface area contributed by atoms with Crippen molar-refractivity contribution in [3.8, 4) is 0 Å². The summed E-state index contributed by atoms with van der Waals surface area (Å²) in [4.78, 5) is 15.2. The van der Waals surface area contributed by atoms with Gasteiger partial charge in [-0.15, -0.1) is 0 Å². The van der Waals surface area contributed by atoms with Crippen LogP contribution in [0.5, 0.6) is 0 Å². The van der Waals surface area contributed by atoms with Gasteiger partial charge in [0.05, 0.1) is 18.8 Å². The third-order valence-electron chi connectivity index (χ3n) is 3.50. The monoisotopic (exact) mass is 268 g/mol. The summed E-state index contributed by atoms with van der Waals surface area (Å²) in [5.74, 6) is -0.284. The van der Waals surface area contributed by atoms with Crippen LogP contribution in [0.1, 0.15) is 45.4 Å². The van der Waals surface area contributed by atoms with Gasteiger partial charge in [-0.2, -0.15) is 0 Å². The van der Waals surface area contributed by atoms with E-state index in [4.69, 9.17) is 5.11 Å². The predicted octanol–water partition coefficient (Wildman–Crippen LogP) is 0.789. The fraction of sp³-hybridized carbons (Fsp3) is 0.714. The number of hydrogen-bond acceptors (Lipinski definition) is 4. The number of carboxylic acid groups (broad SMARTS) is 1. The molecule has 0 spiro atoms. The zero-order valence-corrected chi connectivity index (χ0v) is 11.7. The van der Waals surface area contributed by atoms with E-state index >= 15 is 0 Å². The molecule has 1 rings (SSSR count). The topological polar surface area (TPSA) is 72.7 Å². The van der Waals surface area contributed by atoms with Gasteiger partial charge in [0.15, 0.2) is 0 Å². The molecule has 1 heterocycles. The third-order valence-corrected chi connectivity index (χ3v) is 3.50. The van der Waals surface area contributed by atoms with Crippen LogP contribution in [0.2, 0.25) is 0 Å². The number of nitrogens with zero attached hydrogens (tertiary/aromatic N) is 2. The number of rotatable bonds is 10. The highest BCUT2D eigenvalue weighted by atomic mass is 16.4. The minimum atomic E-state index is -1.11. The Kier molecular flexibility index (Phi) is 6.73. The molecule has 0 aromatic heterocycles. The van der Waals surface area contributed by atoms with Crippen molar-refractivity contribution in [1.29, 1.82) is 0 Å². The van der Waals surface area contributed by atoms with Gasteiger partial charge >= 0.3 is 0 Å². The molecule has 0 aliphatic carbocycles. The molecule has 1 aliphatic heterocycles. The number of aliphatic hydroxyl groups is 1. The van der Waals surface area contributed by atoms with Crippen LogP contribution in [0.3, 0.4) is 0 Å². The summed E-state index contributed by atoms with van der Waals surface area (Å²) in [6, 6.07) is 0. The molecule has 0 saturated carbocycles. The Labute approximate surface area is 114 Å². The van der Waals surface area contributed by atoms with Crippen molar-refractivity contribution < 1.29 is 19.5 Å². The molecule has 5 nitrogen and oxygen atoms in total. The van der Waals surface area contributed by atoms with E-state index < -0.39 is 5.97 Å². The number of amidine groups is 1. The summed E-state index contributed by atoms with van der Waals surface area (Å²) >= 11 is 0. The first kappa shape index (κ1) is 15.9. The van der Waals surface area contributed by atoms with Gasteiger partial charge in [-0.1, -0.05) is 32.6 Å². The Hall–Kier alpha value is -1.20. The number of aliphatic imine (C=N–C) groups is 1. The van der Waals surface area contributed by atoms with Crippen LogP contribution in [0, 0.1) is 0 Å². The lowest BCUT2D eigenvalue weighted by molar-refractivity contribution is -0.783. The lowest BCUT2D eigenvalue weighted by Gasteiger charge is -2.32. The summed E-state index contributed by atoms with van der Waals surface area (Å²) in [6.45, 7) is 2.31. The number of carbonyl (C=O) groups is 1. The Balaban J connectivity index is 2.52. The Morgan fingerprint density at radius 3 is 2.74 bits per heavy atom. The Morgan fingerprint density at radius 1 is 1.37 bits per heavy atom. The molecule has 0 saturated heterocycles. The van der Waals surface area contributed by atoms with Gasteiger partial charge in [0, 0.05) is 6.42 Å². The highest BCUT2D eigenvalue weighted by Gasteiger charge is 2.34. The van der Waals surface area contributed by atoms with Crippen molar-refractivity contribution in [1.82, 2.24) is 0 Å². The summed E-state index contributed by atoms with van der Waals surface area (Å²) < 4.78 is 0.118. The van der Waals surface area contributed by atoms with Gasteiger partial charge in [-0.05, 0) is 6.42 Å². The highest BCUT2D eigenvalue weighted by Crippen LogP contribution is 2.20. The smallest absolute Gasteiger partial charge is 0.207 e. The summed E-state index contributed by atoms with van der Waals surface area (Å²) in [6.07, 6.45) is 9.96. The minimum Gasteiger partial charge on any atom is -0.544 e. The van der Waals surface area contributed by atoms with Crippen LogP contribution in [0.25, 0.3) is 0 Å². The van der Waals surface area contributed by atoms with Crippen LogP contribution < -0.4 is 5.11 Å². The minimum absolute atomic E-state index is 0.0630. The van der Waals surface area contributed by atoms with E-state index in [-0.39, 0.29) is 17.6 Å². The summed E-state index contributed by atoms with van der Waals surface area (Å²) in [7, 11) is 0. The first-order valence-corrected chi connectivity index (χ1v) is 7.07. The molecule has 0 radical (unpaired) electrons. The van der Waals surface area contributed by atoms with Crippen molar-refractivity contribution in [3.05, 3.63) is 12.4 Å². The second-order valence-corrected chi connectivity index (χ2v) is 5.02. The maximum atomic E-state index is 10.9. The van der Waals surface area contributed by atoms with Gasteiger partial charge < -0.3 is 15.0 Å². The van der Waals surface area contributed by atoms with E-state index in [1.54, 1.807) is 12.4 Å². The lowest BCUT2D eigenvalue weighted by atomic mass is 10.1. The molecular formula is C14H24N2O3. The Bertz CT molecular complexity index is 353. The summed E-state index contributed by atoms with van der Waals surface area (Å²) in [5, 5.41) is 20.0. The largest absolute Gasteiger partial charge is 0.544 e. The number of aliphatic hydroxyl groups excluding tert-OH is 1. The maximum Gasteiger partial charge on any atom is 0.207 e. The van der Waals surface area contributed by atoms with Crippen molar-refractivity contribution >= 4 is 11.8 Å². The Morgan fingerprint density at radius 2 is 2.11 bits per heavy atom. The van der Waals surface area contributed by atoms with Gasteiger partial charge in [-0.3, -0.25) is 0 Å². The highest BCUT2D eigenvalue weighted by molar-refractivity contribution is 5.80. The van der Waals surface area contributed by atoms with Crippen LogP contribution >= 0.6 is 0 Å². The molecule has 1 atom stereocenters. The quantitative estimate of drug-likeness (QED) is 0.470. The van der Waals surface area contributed by atoms with Crippen molar-refractivity contribution in [2.24, 2.45) is 4.99 Å². The van der Waals surface area contributed by atoms with Crippen LogP contribution in [-0.2, 0) is 4.79 Å². The maximum absolute atomic E-state index is 10.9. The number of carboxylic acids is 1. The second-order valence-electron chi connectivity index (χ2n) is 5.02. The molecule has 0 bridgehead atoms. The molecule has 0 fully saturated rings. The molecule has 108 valence electrons. The zero-order valence-electron chi connectivity index (χ0n) is 11.7. The number of quaternary nitrogens is 1. The van der Waals surface area contributed by atoms with Gasteiger partial charge in [0.2, 0.25) is 5.84 Å². The number of unbranched alkanes of at least 4 members (excludes halogenated alkanes) is 4. The molecule has 19 heavy (non-hydrogen) atoms. The van der Waals surface area contributed by atoms with Crippen molar-refractivity contribution in [3.63, 3.8) is 0 Å². The average molecular weight is 268 g/mol. The van der Waals surface area contributed by atoms with Crippen LogP contribution in [0.15, 0.2) is 17.4 Å². The van der Waals surface area contributed by atoms with Crippen molar-refractivity contribution in [2.45, 2.75) is 45.4 Å². The molecule has 1 unspecified atom stereocenters. The molecule has 0 amide bonds. The zero-order chi connectivity index (χ0) is 14.1. The van der Waals surface area contributed by atoms with E-state index in [9.17, 15) is 9.90 Å². The molecular weight excluding hydrogens is 244 g/mol. The fourth-order valence-electron chi connectivity index (χ4n) is 2.46. The van der Waals surface area contributed by atoms with Crippen molar-refractivity contribution in [2.75, 3.05) is 19.7 Å². The molecule has 0 aromatic carbocycles. The van der Waals surface area contributed by atoms with E-state index in [2.05, 4.69) is 11.9 Å². The standard InChI is InChI=1S/C14H24N2O3/c1-2-3-4-5-6-7-13-15-8-9-16(13,10-11-17)12-14(18)19/h8-9,17H,2-7,10-12H2,1H3. The van der Waals surface area contributed by atoms with E-state index in [0.717, 1.165) is 25.1 Å². The molecule has 1 N–H and O–H groups in total. The summed E-state index contributed by atoms with van der Waals surface area (Å²) in [5.41, 5.74) is 0. The first-order chi connectivity index (χ1) is 9.14. The van der Waals surface area contributed by atoms with E-state index in [1.807, 2.05) is 0 Å². The number of hydrogen-bond donors (Lipinski definition) is 1. The fourth-order valence-corrected chi connectivity index (χ4v) is 2.46. The second kappa shape index (κ2) is 8.07. The van der Waals surface area contributed by atoms with E-state index in [0.29, 0.717) is 6.54 Å². The number of carbonyl (C=O) groups excluding carboxylic acids is 1. The normalized spacial score (nSPS) is 21.7.